The number of benzene rings is 2. The number of hydrogen-bond donors (Lipinski definition) is 1. The highest BCUT2D eigenvalue weighted by molar-refractivity contribution is 7.71. The minimum Gasteiger partial charge on any atom is -0.497 e. The summed E-state index contributed by atoms with van der Waals surface area (Å²) in [6.07, 6.45) is 1.91. The molecule has 0 spiro atoms. The average Bonchev–Trinajstić information content (AvgIpc) is 3.16. The number of nitrogens with zero attached hydrogens (tertiary/aromatic N) is 4. The van der Waals surface area contributed by atoms with Crippen LogP contribution in [-0.2, 0) is 17.9 Å². The Morgan fingerprint density at radius 2 is 1.84 bits per heavy atom. The molecule has 162 valence electrons. The number of rotatable bonds is 6. The zero-order valence-corrected chi connectivity index (χ0v) is 18.7. The molecule has 0 saturated heterocycles. The molecule has 4 rings (SSSR count). The lowest BCUT2D eigenvalue weighted by atomic mass is 10.1. The largest absolute Gasteiger partial charge is 0.497 e. The molecule has 0 saturated carbocycles. The topological polar surface area (TPSA) is 77.2 Å². The zero-order chi connectivity index (χ0) is 22.5. The molecule has 2 aromatic heterocycles. The first-order valence-electron chi connectivity index (χ1n) is 10.1. The second-order valence-corrected chi connectivity index (χ2v) is 7.73. The number of aryl methyl sites for hydroxylation is 1. The van der Waals surface area contributed by atoms with Crippen LogP contribution in [0.5, 0.6) is 5.75 Å². The molecule has 2 heterocycles. The van der Waals surface area contributed by atoms with E-state index in [1.165, 1.54) is 5.56 Å². The maximum atomic E-state index is 12.9. The summed E-state index contributed by atoms with van der Waals surface area (Å²) < 4.78 is 9.16. The molecule has 8 heteroatoms. The summed E-state index contributed by atoms with van der Waals surface area (Å²) in [5.74, 6) is 0.991. The Hall–Kier alpha value is -3.78. The van der Waals surface area contributed by atoms with Crippen molar-refractivity contribution in [1.82, 2.24) is 19.3 Å². The van der Waals surface area contributed by atoms with Crippen molar-refractivity contribution in [2.24, 2.45) is 4.99 Å². The Morgan fingerprint density at radius 3 is 2.56 bits per heavy atom. The van der Waals surface area contributed by atoms with Gasteiger partial charge in [0.15, 0.2) is 10.6 Å². The van der Waals surface area contributed by atoms with E-state index < -0.39 is 0 Å². The maximum absolute atomic E-state index is 12.9. The predicted molar refractivity (Wildman–Crippen MR) is 125 cm³/mol. The van der Waals surface area contributed by atoms with Crippen LogP contribution in [0.1, 0.15) is 11.1 Å². The second-order valence-electron chi connectivity index (χ2n) is 7.34. The van der Waals surface area contributed by atoms with Crippen LogP contribution in [0.4, 0.5) is 0 Å². The van der Waals surface area contributed by atoms with Crippen molar-refractivity contribution in [2.45, 2.75) is 20.0 Å². The Kier molecular flexibility index (Phi) is 6.42. The predicted octanol–water partition coefficient (Wildman–Crippen LogP) is 3.90. The summed E-state index contributed by atoms with van der Waals surface area (Å²) in [6, 6.07) is 21.3. The normalized spacial score (nSPS) is 11.5. The Morgan fingerprint density at radius 1 is 1.09 bits per heavy atom. The van der Waals surface area contributed by atoms with Crippen molar-refractivity contribution in [1.29, 1.82) is 0 Å². The molecule has 1 amide bonds. The second kappa shape index (κ2) is 9.57. The van der Waals surface area contributed by atoms with Gasteiger partial charge in [-0.05, 0) is 61.1 Å². The molecule has 0 aliphatic heterocycles. The first-order valence-corrected chi connectivity index (χ1v) is 10.5. The molecule has 1 N–H and O–H groups in total. The van der Waals surface area contributed by atoms with Crippen molar-refractivity contribution in [3.05, 3.63) is 94.3 Å². The fourth-order valence-electron chi connectivity index (χ4n) is 3.32. The van der Waals surface area contributed by atoms with Gasteiger partial charge < -0.3 is 9.30 Å². The van der Waals surface area contributed by atoms with Gasteiger partial charge >= 0.3 is 0 Å². The Labute approximate surface area is 190 Å². The maximum Gasteiger partial charge on any atom is 0.267 e. The number of amides is 1. The van der Waals surface area contributed by atoms with Gasteiger partial charge in [0, 0.05) is 18.3 Å². The summed E-state index contributed by atoms with van der Waals surface area (Å²) in [5, 5.41) is 7.06. The minimum absolute atomic E-state index is 0.0177. The smallest absolute Gasteiger partial charge is 0.267 e. The monoisotopic (exact) mass is 445 g/mol. The first kappa shape index (κ1) is 21.5. The lowest BCUT2D eigenvalue weighted by Crippen LogP contribution is -2.23. The molecule has 0 bridgehead atoms. The fraction of sp³-hybridized carbons (Fsp3) is 0.167. The van der Waals surface area contributed by atoms with E-state index in [9.17, 15) is 4.79 Å². The lowest BCUT2D eigenvalue weighted by Gasteiger charge is -2.08. The van der Waals surface area contributed by atoms with E-state index in [-0.39, 0.29) is 12.5 Å². The summed E-state index contributed by atoms with van der Waals surface area (Å²) in [7, 11) is 1.61. The van der Waals surface area contributed by atoms with E-state index in [0.717, 1.165) is 16.9 Å². The number of H-pyrrole nitrogens is 1. The Bertz CT molecular complexity index is 1350. The molecule has 32 heavy (non-hydrogen) atoms. The van der Waals surface area contributed by atoms with Crippen molar-refractivity contribution in [3.8, 4) is 17.1 Å². The van der Waals surface area contributed by atoms with E-state index in [2.05, 4.69) is 46.4 Å². The van der Waals surface area contributed by atoms with Gasteiger partial charge in [0.2, 0.25) is 0 Å². The SMILES string of the molecule is COc1ccc(-c2n[nH]c(=S)n2CC(=O)N=c2ccccn2Cc2ccc(C)cc2)cc1. The molecule has 4 aromatic rings. The summed E-state index contributed by atoms with van der Waals surface area (Å²) >= 11 is 5.35. The highest BCUT2D eigenvalue weighted by Crippen LogP contribution is 2.20. The van der Waals surface area contributed by atoms with Crippen LogP contribution in [0.25, 0.3) is 11.4 Å². The molecule has 0 atom stereocenters. The number of ether oxygens (including phenoxy) is 1. The van der Waals surface area contributed by atoms with E-state index in [4.69, 9.17) is 17.0 Å². The molecule has 0 aliphatic carbocycles. The molecular formula is C24H23N5O2S. The third-order valence-electron chi connectivity index (χ3n) is 5.03. The first-order chi connectivity index (χ1) is 15.5. The molecule has 0 radical (unpaired) electrons. The molecule has 0 aliphatic rings. The van der Waals surface area contributed by atoms with Gasteiger partial charge in [-0.15, -0.1) is 0 Å². The highest BCUT2D eigenvalue weighted by atomic mass is 32.1. The van der Waals surface area contributed by atoms with Crippen LogP contribution in [0.3, 0.4) is 0 Å². The van der Waals surface area contributed by atoms with Crippen LogP contribution < -0.4 is 10.2 Å². The minimum atomic E-state index is -0.318. The van der Waals surface area contributed by atoms with Gasteiger partial charge in [0.05, 0.1) is 7.11 Å². The van der Waals surface area contributed by atoms with Crippen molar-refractivity contribution < 1.29 is 9.53 Å². The summed E-state index contributed by atoms with van der Waals surface area (Å²) in [6.45, 7) is 2.66. The summed E-state index contributed by atoms with van der Waals surface area (Å²) in [4.78, 5) is 17.2. The van der Waals surface area contributed by atoms with E-state index in [0.29, 0.717) is 22.6 Å². The zero-order valence-electron chi connectivity index (χ0n) is 17.9. The van der Waals surface area contributed by atoms with Gasteiger partial charge in [-0.3, -0.25) is 14.5 Å². The number of aromatic nitrogens is 4. The van der Waals surface area contributed by atoms with Gasteiger partial charge in [-0.1, -0.05) is 35.9 Å². The average molecular weight is 446 g/mol. The van der Waals surface area contributed by atoms with E-state index in [1.807, 2.05) is 53.2 Å². The number of carbonyl (C=O) groups is 1. The lowest BCUT2D eigenvalue weighted by molar-refractivity contribution is -0.118. The summed E-state index contributed by atoms with van der Waals surface area (Å²) in [5.41, 5.74) is 3.74. The number of pyridine rings is 1. The van der Waals surface area contributed by atoms with Crippen LogP contribution in [-0.4, -0.2) is 32.3 Å². The standard InChI is InChI=1S/C24H23N5O2S/c1-17-6-8-18(9-7-17)15-28-14-4-3-5-21(28)25-22(30)16-29-23(26-27-24(29)32)19-10-12-20(31-2)13-11-19/h3-14H,15-16H2,1-2H3,(H,27,32). The van der Waals surface area contributed by atoms with E-state index >= 15 is 0 Å². The van der Waals surface area contributed by atoms with Gasteiger partial charge in [0.25, 0.3) is 5.91 Å². The van der Waals surface area contributed by atoms with Crippen molar-refractivity contribution >= 4 is 18.1 Å². The highest BCUT2D eigenvalue weighted by Gasteiger charge is 2.12. The van der Waals surface area contributed by atoms with Crippen molar-refractivity contribution in [3.63, 3.8) is 0 Å². The molecule has 2 aromatic carbocycles. The number of nitrogens with one attached hydrogen (secondary N) is 1. The molecule has 0 fully saturated rings. The van der Waals surface area contributed by atoms with E-state index in [1.54, 1.807) is 11.7 Å². The van der Waals surface area contributed by atoms with Crippen LogP contribution in [0.15, 0.2) is 77.9 Å². The van der Waals surface area contributed by atoms with Gasteiger partial charge in [-0.2, -0.15) is 10.1 Å². The third kappa shape index (κ3) is 4.92. The fourth-order valence-corrected chi connectivity index (χ4v) is 3.51. The molecular weight excluding hydrogens is 422 g/mol. The third-order valence-corrected chi connectivity index (χ3v) is 5.34. The molecule has 7 nitrogen and oxygen atoms in total. The number of aromatic amines is 1. The number of methoxy groups -OCH3 is 1. The number of carbonyl (C=O) groups excluding carboxylic acids is 1. The number of hydrogen-bond acceptors (Lipinski definition) is 4. The van der Waals surface area contributed by atoms with Crippen LogP contribution >= 0.6 is 12.2 Å². The van der Waals surface area contributed by atoms with Crippen LogP contribution in [0.2, 0.25) is 0 Å². The molecule has 0 unspecified atom stereocenters. The van der Waals surface area contributed by atoms with Gasteiger partial charge in [0.1, 0.15) is 17.8 Å². The van der Waals surface area contributed by atoms with Gasteiger partial charge in [-0.25, -0.2) is 0 Å². The van der Waals surface area contributed by atoms with Crippen molar-refractivity contribution in [2.75, 3.05) is 7.11 Å². The quantitative estimate of drug-likeness (QED) is 0.457. The van der Waals surface area contributed by atoms with Crippen LogP contribution in [0, 0.1) is 11.7 Å². The Balaban J connectivity index is 1.60.